The summed E-state index contributed by atoms with van der Waals surface area (Å²) in [6, 6.07) is 0. The van der Waals surface area contributed by atoms with Crippen molar-refractivity contribution in [3.63, 3.8) is 0 Å². The van der Waals surface area contributed by atoms with E-state index in [9.17, 15) is 0 Å². The highest BCUT2D eigenvalue weighted by Gasteiger charge is 2.63. The molecule has 0 aromatic rings. The summed E-state index contributed by atoms with van der Waals surface area (Å²) in [5.74, 6) is 3.62. The summed E-state index contributed by atoms with van der Waals surface area (Å²) in [6.07, 6.45) is 18.9. The van der Waals surface area contributed by atoms with Crippen molar-refractivity contribution >= 4 is 0 Å². The quantitative estimate of drug-likeness (QED) is 0.359. The third-order valence-electron chi connectivity index (χ3n) is 12.0. The van der Waals surface area contributed by atoms with Crippen LogP contribution in [-0.4, -0.2) is 0 Å². The van der Waals surface area contributed by atoms with Crippen LogP contribution in [0, 0.1) is 50.7 Å². The highest BCUT2D eigenvalue weighted by molar-refractivity contribution is 5.28. The van der Waals surface area contributed by atoms with Gasteiger partial charge in [-0.2, -0.15) is 0 Å². The van der Waals surface area contributed by atoms with Crippen LogP contribution in [0.5, 0.6) is 0 Å². The molecule has 7 atom stereocenters. The van der Waals surface area contributed by atoms with Gasteiger partial charge in [-0.05, 0) is 115 Å². The van der Waals surface area contributed by atoms with E-state index in [2.05, 4.69) is 54.5 Å². The van der Waals surface area contributed by atoms with Gasteiger partial charge in [-0.15, -0.1) is 0 Å². The lowest BCUT2D eigenvalue weighted by atomic mass is 9.37. The average Bonchev–Trinajstić information content (AvgIpc) is 2.61. The first-order chi connectivity index (χ1) is 13.4. The summed E-state index contributed by atoms with van der Waals surface area (Å²) < 4.78 is 0. The summed E-state index contributed by atoms with van der Waals surface area (Å²) in [5, 5.41) is 0. The molecule has 0 nitrogen and oxygen atoms in total. The Morgan fingerprint density at radius 1 is 0.690 bits per heavy atom. The fourth-order valence-electron chi connectivity index (χ4n) is 10.3. The summed E-state index contributed by atoms with van der Waals surface area (Å²) in [5.41, 5.74) is 4.77. The van der Waals surface area contributed by atoms with Crippen molar-refractivity contribution in [2.45, 2.75) is 119 Å². The molecule has 164 valence electrons. The van der Waals surface area contributed by atoms with Crippen LogP contribution in [0.25, 0.3) is 0 Å². The van der Waals surface area contributed by atoms with E-state index >= 15 is 0 Å². The van der Waals surface area contributed by atoms with Crippen LogP contribution in [-0.2, 0) is 0 Å². The molecule has 4 saturated carbocycles. The molecule has 7 unspecified atom stereocenters. The Kier molecular flexibility index (Phi) is 4.38. The molecule has 4 fully saturated rings. The standard InChI is InChI=1S/C29H48/c1-25(2)17-18-27(5)15-11-21-20(22(27)19-25)9-10-24-28(21,6)16-12-23-26(3,4)13-8-14-29(23,24)7/h9,21-24H,8,10-19H2,1-7H3. The zero-order valence-corrected chi connectivity index (χ0v) is 20.7. The number of allylic oxidation sites excluding steroid dienone is 2. The third-order valence-corrected chi connectivity index (χ3v) is 12.0. The van der Waals surface area contributed by atoms with Gasteiger partial charge in [-0.25, -0.2) is 0 Å². The lowest BCUT2D eigenvalue weighted by molar-refractivity contribution is -0.154. The van der Waals surface area contributed by atoms with Gasteiger partial charge < -0.3 is 0 Å². The Hall–Kier alpha value is -0.260. The zero-order valence-electron chi connectivity index (χ0n) is 20.7. The van der Waals surface area contributed by atoms with E-state index in [-0.39, 0.29) is 0 Å². The molecule has 0 aromatic heterocycles. The van der Waals surface area contributed by atoms with Gasteiger partial charge in [0.05, 0.1) is 0 Å². The van der Waals surface area contributed by atoms with E-state index in [4.69, 9.17) is 0 Å². The number of fused-ring (bicyclic) bond motifs is 7. The van der Waals surface area contributed by atoms with Gasteiger partial charge in [0, 0.05) is 0 Å². The lowest BCUT2D eigenvalue weighted by Crippen LogP contribution is -2.59. The Balaban J connectivity index is 1.53. The highest BCUT2D eigenvalue weighted by atomic mass is 14.7. The van der Waals surface area contributed by atoms with Gasteiger partial charge >= 0.3 is 0 Å². The first kappa shape index (κ1) is 20.6. The van der Waals surface area contributed by atoms with Crippen LogP contribution in [0.3, 0.4) is 0 Å². The molecule has 0 saturated heterocycles. The maximum Gasteiger partial charge on any atom is -0.0141 e. The Morgan fingerprint density at radius 3 is 2.21 bits per heavy atom. The van der Waals surface area contributed by atoms with Crippen LogP contribution in [0.4, 0.5) is 0 Å². The molecule has 0 spiro atoms. The molecule has 29 heavy (non-hydrogen) atoms. The Morgan fingerprint density at radius 2 is 1.45 bits per heavy atom. The second-order valence-corrected chi connectivity index (χ2v) is 14.6. The van der Waals surface area contributed by atoms with E-state index in [0.717, 1.165) is 23.7 Å². The second-order valence-electron chi connectivity index (χ2n) is 14.6. The normalized spacial score (nSPS) is 53.0. The lowest BCUT2D eigenvalue weighted by Gasteiger charge is -2.67. The van der Waals surface area contributed by atoms with E-state index in [1.165, 1.54) is 70.6 Å². The smallest absolute Gasteiger partial charge is 0.0141 e. The molecule has 5 aliphatic rings. The molecule has 0 N–H and O–H groups in total. The number of hydrogen-bond acceptors (Lipinski definition) is 0. The van der Waals surface area contributed by atoms with Crippen molar-refractivity contribution in [3.8, 4) is 0 Å². The molecule has 0 aliphatic heterocycles. The molecule has 0 aromatic carbocycles. The zero-order chi connectivity index (χ0) is 20.9. The van der Waals surface area contributed by atoms with Crippen LogP contribution in [0.2, 0.25) is 0 Å². The summed E-state index contributed by atoms with van der Waals surface area (Å²) >= 11 is 0. The largest absolute Gasteiger partial charge is 0.0844 e. The minimum absolute atomic E-state index is 0.543. The van der Waals surface area contributed by atoms with Crippen LogP contribution < -0.4 is 0 Å². The van der Waals surface area contributed by atoms with Gasteiger partial charge in [0.25, 0.3) is 0 Å². The van der Waals surface area contributed by atoms with E-state index in [1.54, 1.807) is 0 Å². The van der Waals surface area contributed by atoms with Gasteiger partial charge in [-0.3, -0.25) is 0 Å². The van der Waals surface area contributed by atoms with Crippen molar-refractivity contribution < 1.29 is 0 Å². The molecule has 0 bridgehead atoms. The van der Waals surface area contributed by atoms with E-state index in [1.807, 2.05) is 5.57 Å². The number of rotatable bonds is 0. The summed E-state index contributed by atoms with van der Waals surface area (Å²) in [7, 11) is 0. The topological polar surface area (TPSA) is 0 Å². The fourth-order valence-corrected chi connectivity index (χ4v) is 10.3. The van der Waals surface area contributed by atoms with Crippen molar-refractivity contribution in [3.05, 3.63) is 11.6 Å². The first-order valence-corrected chi connectivity index (χ1v) is 13.1. The van der Waals surface area contributed by atoms with Crippen LogP contribution in [0.15, 0.2) is 11.6 Å². The minimum atomic E-state index is 0.543. The van der Waals surface area contributed by atoms with Crippen molar-refractivity contribution in [1.29, 1.82) is 0 Å². The second kappa shape index (κ2) is 6.16. The van der Waals surface area contributed by atoms with Crippen LogP contribution in [0.1, 0.15) is 119 Å². The maximum absolute atomic E-state index is 2.84. The van der Waals surface area contributed by atoms with Gasteiger partial charge in [-0.1, -0.05) is 66.5 Å². The Labute approximate surface area is 181 Å². The predicted octanol–water partition coefficient (Wildman–Crippen LogP) is 8.81. The Bertz CT molecular complexity index is 710. The fraction of sp³-hybridized carbons (Fsp3) is 0.931. The van der Waals surface area contributed by atoms with Crippen molar-refractivity contribution in [1.82, 2.24) is 0 Å². The SMILES string of the molecule is CC1(C)CCC2(C)CCC3C(=CCC4C3(C)CCC3C(C)(C)CCCC34C)C2C1. The maximum atomic E-state index is 2.84. The van der Waals surface area contributed by atoms with Gasteiger partial charge in [0.2, 0.25) is 0 Å². The molecule has 0 amide bonds. The van der Waals surface area contributed by atoms with Gasteiger partial charge in [0.1, 0.15) is 0 Å². The average molecular weight is 397 g/mol. The molecule has 0 heterocycles. The molecule has 0 radical (unpaired) electrons. The molecular formula is C29H48. The first-order valence-electron chi connectivity index (χ1n) is 13.1. The monoisotopic (exact) mass is 396 g/mol. The minimum Gasteiger partial charge on any atom is -0.0844 e. The van der Waals surface area contributed by atoms with Crippen molar-refractivity contribution in [2.24, 2.45) is 50.7 Å². The molecule has 0 heteroatoms. The molecular weight excluding hydrogens is 348 g/mol. The summed E-state index contributed by atoms with van der Waals surface area (Å²) in [4.78, 5) is 0. The molecule has 5 aliphatic carbocycles. The van der Waals surface area contributed by atoms with Crippen molar-refractivity contribution in [2.75, 3.05) is 0 Å². The van der Waals surface area contributed by atoms with Crippen LogP contribution >= 0.6 is 0 Å². The molecule has 5 rings (SSSR count). The van der Waals surface area contributed by atoms with E-state index in [0.29, 0.717) is 27.1 Å². The predicted molar refractivity (Wildman–Crippen MR) is 125 cm³/mol. The highest BCUT2D eigenvalue weighted by Crippen LogP contribution is 2.71. The number of hydrogen-bond donors (Lipinski definition) is 0. The van der Waals surface area contributed by atoms with Gasteiger partial charge in [0.15, 0.2) is 0 Å². The van der Waals surface area contributed by atoms with E-state index < -0.39 is 0 Å². The summed E-state index contributed by atoms with van der Waals surface area (Å²) in [6.45, 7) is 18.4. The third kappa shape index (κ3) is 2.82.